The molecule has 0 spiro atoms. The van der Waals surface area contributed by atoms with E-state index in [0.29, 0.717) is 17.4 Å². The van der Waals surface area contributed by atoms with Crippen LogP contribution in [-0.4, -0.2) is 17.4 Å². The number of anilines is 1. The molecule has 1 aromatic rings. The largest absolute Gasteiger partial charge is 0.384 e. The van der Waals surface area contributed by atoms with Crippen LogP contribution in [0.15, 0.2) is 12.1 Å². The van der Waals surface area contributed by atoms with E-state index >= 15 is 0 Å². The van der Waals surface area contributed by atoms with E-state index in [-0.39, 0.29) is 16.9 Å². The number of nitrogen functional groups attached to an aromatic ring is 1. The van der Waals surface area contributed by atoms with Gasteiger partial charge < -0.3 is 11.1 Å². The Bertz CT molecular complexity index is 430. The minimum Gasteiger partial charge on any atom is -0.384 e. The predicted octanol–water partition coefficient (Wildman–Crippen LogP) is 2.48. The maximum absolute atomic E-state index is 12.0. The third-order valence-corrected chi connectivity index (χ3v) is 3.83. The lowest BCUT2D eigenvalue weighted by Gasteiger charge is -2.16. The minimum absolute atomic E-state index is 0.134. The molecule has 1 saturated carbocycles. The minimum atomic E-state index is -0.134. The van der Waals surface area contributed by atoms with Gasteiger partial charge in [-0.2, -0.15) is 0 Å². The molecule has 98 valence electrons. The van der Waals surface area contributed by atoms with E-state index in [2.05, 4.69) is 17.2 Å². The zero-order valence-corrected chi connectivity index (χ0v) is 11.2. The summed E-state index contributed by atoms with van der Waals surface area (Å²) in [6.45, 7) is 2.96. The highest BCUT2D eigenvalue weighted by atomic mass is 35.5. The summed E-state index contributed by atoms with van der Waals surface area (Å²) in [7, 11) is 0. The Labute approximate surface area is 112 Å². The Hall–Kier alpha value is -1.29. The summed E-state index contributed by atoms with van der Waals surface area (Å²) < 4.78 is 0. The number of aromatic nitrogens is 1. The third-order valence-electron chi connectivity index (χ3n) is 3.64. The summed E-state index contributed by atoms with van der Waals surface area (Å²) in [6.07, 6.45) is 3.71. The van der Waals surface area contributed by atoms with Crippen molar-refractivity contribution in [1.29, 1.82) is 0 Å². The van der Waals surface area contributed by atoms with Crippen LogP contribution in [0.3, 0.4) is 0 Å². The van der Waals surface area contributed by atoms with Crippen LogP contribution in [0.2, 0.25) is 5.15 Å². The van der Waals surface area contributed by atoms with Gasteiger partial charge in [0.2, 0.25) is 0 Å². The fourth-order valence-corrected chi connectivity index (χ4v) is 2.71. The Morgan fingerprint density at radius 2 is 2.33 bits per heavy atom. The summed E-state index contributed by atoms with van der Waals surface area (Å²) in [5.74, 6) is 1.41. The summed E-state index contributed by atoms with van der Waals surface area (Å²) >= 11 is 5.77. The fourth-order valence-electron chi connectivity index (χ4n) is 2.50. The van der Waals surface area contributed by atoms with Gasteiger partial charge in [-0.15, -0.1) is 0 Å². The smallest absolute Gasteiger partial charge is 0.251 e. The second-order valence-electron chi connectivity index (χ2n) is 4.98. The molecule has 4 nitrogen and oxygen atoms in total. The predicted molar refractivity (Wildman–Crippen MR) is 72.5 cm³/mol. The number of nitrogens with zero attached hydrogens (tertiary/aromatic N) is 1. The molecule has 0 saturated heterocycles. The molecule has 0 bridgehead atoms. The Morgan fingerprint density at radius 1 is 1.56 bits per heavy atom. The second kappa shape index (κ2) is 5.57. The van der Waals surface area contributed by atoms with Gasteiger partial charge in [0.15, 0.2) is 0 Å². The van der Waals surface area contributed by atoms with Crippen LogP contribution >= 0.6 is 11.6 Å². The normalized spacial score (nSPS) is 23.0. The quantitative estimate of drug-likeness (QED) is 0.827. The molecule has 0 aromatic carbocycles. The molecule has 2 atom stereocenters. The number of nitrogens with one attached hydrogen (secondary N) is 1. The number of carbonyl (C=O) groups excluding carboxylic acids is 1. The van der Waals surface area contributed by atoms with E-state index in [4.69, 9.17) is 17.3 Å². The maximum Gasteiger partial charge on any atom is 0.251 e. The highest BCUT2D eigenvalue weighted by Crippen LogP contribution is 2.30. The summed E-state index contributed by atoms with van der Waals surface area (Å²) in [5.41, 5.74) is 6.03. The molecule has 18 heavy (non-hydrogen) atoms. The number of hydrogen-bond acceptors (Lipinski definition) is 3. The summed E-state index contributed by atoms with van der Waals surface area (Å²) in [6, 6.07) is 3.07. The summed E-state index contributed by atoms with van der Waals surface area (Å²) in [5, 5.41) is 3.19. The molecule has 3 N–H and O–H groups in total. The van der Waals surface area contributed by atoms with Crippen molar-refractivity contribution in [3.05, 3.63) is 22.8 Å². The van der Waals surface area contributed by atoms with E-state index < -0.39 is 0 Å². The van der Waals surface area contributed by atoms with E-state index in [1.54, 1.807) is 6.07 Å². The van der Waals surface area contributed by atoms with Gasteiger partial charge in [0.25, 0.3) is 5.91 Å². The molecule has 2 unspecified atom stereocenters. The highest BCUT2D eigenvalue weighted by Gasteiger charge is 2.23. The van der Waals surface area contributed by atoms with Crippen molar-refractivity contribution >= 4 is 23.3 Å². The SMILES string of the molecule is CC1CCCC1CNC(=O)c1cc(N)nc(Cl)c1. The van der Waals surface area contributed by atoms with Crippen LogP contribution in [0.4, 0.5) is 5.82 Å². The van der Waals surface area contributed by atoms with Crippen molar-refractivity contribution in [2.24, 2.45) is 11.8 Å². The van der Waals surface area contributed by atoms with Gasteiger partial charge in [0.05, 0.1) is 0 Å². The lowest BCUT2D eigenvalue weighted by Crippen LogP contribution is -2.30. The van der Waals surface area contributed by atoms with Crippen molar-refractivity contribution in [2.75, 3.05) is 12.3 Å². The maximum atomic E-state index is 12.0. The third kappa shape index (κ3) is 3.13. The first-order chi connectivity index (χ1) is 8.56. The van der Waals surface area contributed by atoms with Crippen LogP contribution in [0.5, 0.6) is 0 Å². The lowest BCUT2D eigenvalue weighted by molar-refractivity contribution is 0.0944. The highest BCUT2D eigenvalue weighted by molar-refractivity contribution is 6.29. The molecule has 5 heteroatoms. The molecule has 1 heterocycles. The number of halogens is 1. The molecule has 1 aliphatic rings. The van der Waals surface area contributed by atoms with Crippen molar-refractivity contribution in [2.45, 2.75) is 26.2 Å². The number of amides is 1. The first kappa shape index (κ1) is 13.1. The monoisotopic (exact) mass is 267 g/mol. The van der Waals surface area contributed by atoms with Gasteiger partial charge in [-0.3, -0.25) is 4.79 Å². The number of carbonyl (C=O) groups is 1. The standard InChI is InChI=1S/C13H18ClN3O/c1-8-3-2-4-9(8)7-16-13(18)10-5-11(14)17-12(15)6-10/h5-6,8-9H,2-4,7H2,1H3,(H2,15,17)(H,16,18). The lowest BCUT2D eigenvalue weighted by atomic mass is 9.98. The van der Waals surface area contributed by atoms with Crippen LogP contribution in [0, 0.1) is 11.8 Å². The Morgan fingerprint density at radius 3 is 2.94 bits per heavy atom. The van der Waals surface area contributed by atoms with Crippen molar-refractivity contribution in [3.8, 4) is 0 Å². The number of rotatable bonds is 3. The molecule has 1 aliphatic carbocycles. The van der Waals surface area contributed by atoms with Gasteiger partial charge in [-0.25, -0.2) is 4.98 Å². The van der Waals surface area contributed by atoms with Gasteiger partial charge in [-0.05, 0) is 30.4 Å². The molecule has 0 aliphatic heterocycles. The van der Waals surface area contributed by atoms with E-state index in [1.165, 1.54) is 25.3 Å². The molecule has 1 aromatic heterocycles. The molecular formula is C13H18ClN3O. The van der Waals surface area contributed by atoms with Gasteiger partial charge in [0.1, 0.15) is 11.0 Å². The Balaban J connectivity index is 1.95. The molecular weight excluding hydrogens is 250 g/mol. The molecule has 1 fully saturated rings. The van der Waals surface area contributed by atoms with E-state index in [0.717, 1.165) is 6.54 Å². The van der Waals surface area contributed by atoms with Crippen LogP contribution in [0.25, 0.3) is 0 Å². The zero-order chi connectivity index (χ0) is 13.1. The fraction of sp³-hybridized carbons (Fsp3) is 0.538. The van der Waals surface area contributed by atoms with E-state index in [1.807, 2.05) is 0 Å². The molecule has 2 rings (SSSR count). The van der Waals surface area contributed by atoms with Gasteiger partial charge in [-0.1, -0.05) is 31.4 Å². The van der Waals surface area contributed by atoms with Crippen LogP contribution in [0.1, 0.15) is 36.5 Å². The number of nitrogens with two attached hydrogens (primary N) is 1. The second-order valence-corrected chi connectivity index (χ2v) is 5.37. The van der Waals surface area contributed by atoms with E-state index in [9.17, 15) is 4.79 Å². The van der Waals surface area contributed by atoms with Crippen LogP contribution in [-0.2, 0) is 0 Å². The Kier molecular flexibility index (Phi) is 4.07. The average Bonchev–Trinajstić information content (AvgIpc) is 2.70. The van der Waals surface area contributed by atoms with Crippen LogP contribution < -0.4 is 11.1 Å². The number of pyridine rings is 1. The first-order valence-electron chi connectivity index (χ1n) is 6.27. The molecule has 0 radical (unpaired) electrons. The van der Waals surface area contributed by atoms with Crippen molar-refractivity contribution in [1.82, 2.24) is 10.3 Å². The van der Waals surface area contributed by atoms with Gasteiger partial charge >= 0.3 is 0 Å². The molecule has 1 amide bonds. The number of hydrogen-bond donors (Lipinski definition) is 2. The summed E-state index contributed by atoms with van der Waals surface area (Å²) in [4.78, 5) is 15.8. The van der Waals surface area contributed by atoms with Gasteiger partial charge in [0, 0.05) is 12.1 Å². The van der Waals surface area contributed by atoms with Crippen molar-refractivity contribution < 1.29 is 4.79 Å². The first-order valence-corrected chi connectivity index (χ1v) is 6.65. The zero-order valence-electron chi connectivity index (χ0n) is 10.4. The van der Waals surface area contributed by atoms with Crippen molar-refractivity contribution in [3.63, 3.8) is 0 Å². The average molecular weight is 268 g/mol. The topological polar surface area (TPSA) is 68.0 Å².